The number of nitrogens with zero attached hydrogens (tertiary/aromatic N) is 1. The fraction of sp³-hybridized carbons (Fsp3) is 0.571. The molecular formula is C14H20F2N2. The van der Waals surface area contributed by atoms with Gasteiger partial charge in [0, 0.05) is 12.6 Å². The van der Waals surface area contributed by atoms with Gasteiger partial charge in [-0.3, -0.25) is 4.90 Å². The molecule has 2 N–H and O–H groups in total. The van der Waals surface area contributed by atoms with Gasteiger partial charge in [-0.05, 0) is 56.5 Å². The topological polar surface area (TPSA) is 29.3 Å². The summed E-state index contributed by atoms with van der Waals surface area (Å²) in [6.07, 6.45) is 2.17. The zero-order valence-electron chi connectivity index (χ0n) is 10.7. The highest BCUT2D eigenvalue weighted by Gasteiger charge is 2.21. The lowest BCUT2D eigenvalue weighted by atomic mass is 9.91. The first kappa shape index (κ1) is 13.4. The lowest BCUT2D eigenvalue weighted by molar-refractivity contribution is 0.165. The Balaban J connectivity index is 1.89. The lowest BCUT2D eigenvalue weighted by Crippen LogP contribution is -2.39. The van der Waals surface area contributed by atoms with Crippen molar-refractivity contribution in [2.45, 2.75) is 32.4 Å². The highest BCUT2D eigenvalue weighted by molar-refractivity contribution is 5.17. The molecule has 0 aliphatic carbocycles. The van der Waals surface area contributed by atoms with E-state index in [1.165, 1.54) is 12.1 Å². The average Bonchev–Trinajstić information content (AvgIpc) is 2.34. The summed E-state index contributed by atoms with van der Waals surface area (Å²) in [6.45, 7) is 4.69. The van der Waals surface area contributed by atoms with Crippen molar-refractivity contribution in [3.05, 3.63) is 35.4 Å². The number of hydrogen-bond donors (Lipinski definition) is 1. The second-order valence-electron chi connectivity index (χ2n) is 5.22. The Hall–Kier alpha value is -1.00. The van der Waals surface area contributed by atoms with Crippen molar-refractivity contribution in [2.75, 3.05) is 13.1 Å². The second kappa shape index (κ2) is 5.76. The first-order valence-electron chi connectivity index (χ1n) is 6.48. The molecule has 2 nitrogen and oxygen atoms in total. The molecule has 0 saturated carbocycles. The van der Waals surface area contributed by atoms with Gasteiger partial charge in [0.1, 0.15) is 0 Å². The predicted molar refractivity (Wildman–Crippen MR) is 68.0 cm³/mol. The quantitative estimate of drug-likeness (QED) is 0.898. The van der Waals surface area contributed by atoms with Gasteiger partial charge in [0.15, 0.2) is 11.6 Å². The van der Waals surface area contributed by atoms with Crippen molar-refractivity contribution in [3.8, 4) is 0 Å². The summed E-state index contributed by atoms with van der Waals surface area (Å²) in [6, 6.07) is 4.37. The molecule has 0 amide bonds. The molecule has 2 rings (SSSR count). The molecule has 18 heavy (non-hydrogen) atoms. The van der Waals surface area contributed by atoms with Gasteiger partial charge in [0.2, 0.25) is 0 Å². The molecule has 4 heteroatoms. The molecule has 1 saturated heterocycles. The Labute approximate surface area is 107 Å². The Morgan fingerprint density at radius 3 is 2.50 bits per heavy atom. The SMILES string of the molecule is CC(N)C1CCN(Cc2ccc(F)c(F)c2)CC1. The van der Waals surface area contributed by atoms with E-state index in [2.05, 4.69) is 11.8 Å². The molecule has 0 aromatic heterocycles. The number of rotatable bonds is 3. The molecule has 0 bridgehead atoms. The van der Waals surface area contributed by atoms with E-state index < -0.39 is 11.6 Å². The third-order valence-electron chi connectivity index (χ3n) is 3.77. The van der Waals surface area contributed by atoms with Crippen LogP contribution in [0.1, 0.15) is 25.3 Å². The van der Waals surface area contributed by atoms with Gasteiger partial charge in [0.25, 0.3) is 0 Å². The van der Waals surface area contributed by atoms with Gasteiger partial charge in [-0.2, -0.15) is 0 Å². The van der Waals surface area contributed by atoms with E-state index in [0.29, 0.717) is 12.5 Å². The number of halogens is 2. The molecule has 1 aromatic carbocycles. The third kappa shape index (κ3) is 3.27. The monoisotopic (exact) mass is 254 g/mol. The zero-order valence-corrected chi connectivity index (χ0v) is 10.7. The molecule has 1 unspecified atom stereocenters. The van der Waals surface area contributed by atoms with Gasteiger partial charge < -0.3 is 5.73 Å². The van der Waals surface area contributed by atoms with E-state index in [0.717, 1.165) is 31.5 Å². The van der Waals surface area contributed by atoms with Crippen LogP contribution in [0.2, 0.25) is 0 Å². The van der Waals surface area contributed by atoms with Crippen LogP contribution in [0.5, 0.6) is 0 Å². The summed E-state index contributed by atoms with van der Waals surface area (Å²) in [5, 5.41) is 0. The number of piperidine rings is 1. The van der Waals surface area contributed by atoms with Crippen LogP contribution in [0, 0.1) is 17.6 Å². The molecule has 1 fully saturated rings. The molecule has 1 aromatic rings. The van der Waals surface area contributed by atoms with Crippen LogP contribution < -0.4 is 5.73 Å². The summed E-state index contributed by atoms with van der Waals surface area (Å²) in [4.78, 5) is 2.27. The summed E-state index contributed by atoms with van der Waals surface area (Å²) < 4.78 is 25.9. The summed E-state index contributed by atoms with van der Waals surface area (Å²) in [7, 11) is 0. The lowest BCUT2D eigenvalue weighted by Gasteiger charge is -2.33. The van der Waals surface area contributed by atoms with Gasteiger partial charge in [-0.15, -0.1) is 0 Å². The average molecular weight is 254 g/mol. The fourth-order valence-corrected chi connectivity index (χ4v) is 2.53. The molecule has 100 valence electrons. The van der Waals surface area contributed by atoms with Crippen molar-refractivity contribution in [2.24, 2.45) is 11.7 Å². The minimum atomic E-state index is -0.783. The second-order valence-corrected chi connectivity index (χ2v) is 5.22. The van der Waals surface area contributed by atoms with Gasteiger partial charge >= 0.3 is 0 Å². The maximum atomic E-state index is 13.1. The van der Waals surface area contributed by atoms with Gasteiger partial charge in [-0.25, -0.2) is 8.78 Å². The van der Waals surface area contributed by atoms with Crippen molar-refractivity contribution < 1.29 is 8.78 Å². The maximum Gasteiger partial charge on any atom is 0.159 e. The molecule has 0 spiro atoms. The maximum absolute atomic E-state index is 13.1. The van der Waals surface area contributed by atoms with Crippen molar-refractivity contribution in [1.82, 2.24) is 4.90 Å². The Bertz CT molecular complexity index is 399. The molecule has 1 aliphatic rings. The molecule has 1 aliphatic heterocycles. The number of nitrogens with two attached hydrogens (primary N) is 1. The van der Waals surface area contributed by atoms with Crippen LogP contribution in [0.4, 0.5) is 8.78 Å². The molecular weight excluding hydrogens is 234 g/mol. The first-order chi connectivity index (χ1) is 8.56. The molecule has 1 heterocycles. The summed E-state index contributed by atoms with van der Waals surface area (Å²) >= 11 is 0. The summed E-state index contributed by atoms with van der Waals surface area (Å²) in [5.74, 6) is -0.960. The van der Waals surface area contributed by atoms with Crippen LogP contribution in [0.15, 0.2) is 18.2 Å². The van der Waals surface area contributed by atoms with Crippen molar-refractivity contribution in [1.29, 1.82) is 0 Å². The van der Waals surface area contributed by atoms with Gasteiger partial charge in [-0.1, -0.05) is 6.07 Å². The van der Waals surface area contributed by atoms with Gasteiger partial charge in [0.05, 0.1) is 0 Å². The Morgan fingerprint density at radius 1 is 1.28 bits per heavy atom. The van der Waals surface area contributed by atoms with E-state index in [-0.39, 0.29) is 6.04 Å². The minimum absolute atomic E-state index is 0.246. The van der Waals surface area contributed by atoms with Crippen LogP contribution >= 0.6 is 0 Å². The van der Waals surface area contributed by atoms with E-state index in [1.807, 2.05) is 0 Å². The van der Waals surface area contributed by atoms with Crippen LogP contribution in [0.3, 0.4) is 0 Å². The van der Waals surface area contributed by atoms with Crippen LogP contribution in [0.25, 0.3) is 0 Å². The van der Waals surface area contributed by atoms with E-state index >= 15 is 0 Å². The fourth-order valence-electron chi connectivity index (χ4n) is 2.53. The largest absolute Gasteiger partial charge is 0.328 e. The van der Waals surface area contributed by atoms with Crippen molar-refractivity contribution in [3.63, 3.8) is 0 Å². The Kier molecular flexibility index (Phi) is 4.30. The predicted octanol–water partition coefficient (Wildman–Crippen LogP) is 2.52. The number of likely N-dealkylation sites (tertiary alicyclic amines) is 1. The van der Waals surface area contributed by atoms with Crippen molar-refractivity contribution >= 4 is 0 Å². The summed E-state index contributed by atoms with van der Waals surface area (Å²) in [5.41, 5.74) is 6.72. The number of benzene rings is 1. The smallest absolute Gasteiger partial charge is 0.159 e. The highest BCUT2D eigenvalue weighted by atomic mass is 19.2. The van der Waals surface area contributed by atoms with E-state index in [9.17, 15) is 8.78 Å². The van der Waals surface area contributed by atoms with E-state index in [1.54, 1.807) is 6.07 Å². The highest BCUT2D eigenvalue weighted by Crippen LogP contribution is 2.21. The zero-order chi connectivity index (χ0) is 13.1. The third-order valence-corrected chi connectivity index (χ3v) is 3.77. The molecule has 1 atom stereocenters. The standard InChI is InChI=1S/C14H20F2N2/c1-10(17)12-4-6-18(7-5-12)9-11-2-3-13(15)14(16)8-11/h2-3,8,10,12H,4-7,9,17H2,1H3. The first-order valence-corrected chi connectivity index (χ1v) is 6.48. The Morgan fingerprint density at radius 2 is 1.94 bits per heavy atom. The molecule has 0 radical (unpaired) electrons. The van der Waals surface area contributed by atoms with Crippen LogP contribution in [-0.2, 0) is 6.54 Å². The number of hydrogen-bond acceptors (Lipinski definition) is 2. The minimum Gasteiger partial charge on any atom is -0.328 e. The van der Waals surface area contributed by atoms with E-state index in [4.69, 9.17) is 5.73 Å². The van der Waals surface area contributed by atoms with Crippen LogP contribution in [-0.4, -0.2) is 24.0 Å². The normalized spacial score (nSPS) is 20.0.